The summed E-state index contributed by atoms with van der Waals surface area (Å²) in [5.74, 6) is 6.86. The summed E-state index contributed by atoms with van der Waals surface area (Å²) < 4.78 is 0. The molecule has 9 N–H and O–H groups in total. The molecule has 140 valence electrons. The molecule has 7 nitrogen and oxygen atoms in total. The van der Waals surface area contributed by atoms with Crippen LogP contribution in [-0.4, -0.2) is 31.3 Å². The van der Waals surface area contributed by atoms with E-state index >= 15 is 0 Å². The van der Waals surface area contributed by atoms with Crippen LogP contribution >= 0.6 is 24.4 Å². The van der Waals surface area contributed by atoms with Crippen molar-refractivity contribution in [3.05, 3.63) is 17.7 Å². The lowest BCUT2D eigenvalue weighted by molar-refractivity contribution is 0.375. The quantitative estimate of drug-likeness (QED) is 0.0751. The number of thiol groups is 1. The first kappa shape index (κ1) is 20.2. The molecule has 1 aliphatic heterocycles. The predicted octanol–water partition coefficient (Wildman–Crippen LogP) is 1.02. The molecule has 0 radical (unpaired) electrons. The van der Waals surface area contributed by atoms with Crippen LogP contribution in [0.3, 0.4) is 0 Å². The van der Waals surface area contributed by atoms with E-state index in [0.29, 0.717) is 11.7 Å². The standard InChI is InChI=1S/C16H29N7S2/c17-7-1-2-11-5-8-23(9-6-11)12-3-4-13(24)15(25-10-18)14(12)16(19)21-22-20/h3-4,11,22,24H,1-2,5-10,17-18,20H2,(H2,19,21). The van der Waals surface area contributed by atoms with Gasteiger partial charge in [-0.2, -0.15) is 0 Å². The van der Waals surface area contributed by atoms with Crippen molar-refractivity contribution in [2.24, 2.45) is 34.1 Å². The highest BCUT2D eigenvalue weighted by Gasteiger charge is 2.24. The summed E-state index contributed by atoms with van der Waals surface area (Å²) in [7, 11) is 0. The number of thioether (sulfide) groups is 1. The molecule has 2 rings (SSSR count). The van der Waals surface area contributed by atoms with Crippen LogP contribution in [0.1, 0.15) is 31.2 Å². The van der Waals surface area contributed by atoms with E-state index in [2.05, 4.69) is 34.2 Å². The second-order valence-corrected chi connectivity index (χ2v) is 7.62. The zero-order valence-corrected chi connectivity index (χ0v) is 16.2. The van der Waals surface area contributed by atoms with Gasteiger partial charge in [-0.3, -0.25) is 0 Å². The summed E-state index contributed by atoms with van der Waals surface area (Å²) in [5, 5.41) is 3.98. The van der Waals surface area contributed by atoms with E-state index in [1.807, 2.05) is 6.07 Å². The van der Waals surface area contributed by atoms with Crippen molar-refractivity contribution in [1.82, 2.24) is 5.53 Å². The third kappa shape index (κ3) is 5.18. The minimum atomic E-state index is 0.342. The van der Waals surface area contributed by atoms with E-state index in [1.54, 1.807) is 0 Å². The molecule has 25 heavy (non-hydrogen) atoms. The Morgan fingerprint density at radius 1 is 1.32 bits per heavy atom. The number of rotatable bonds is 8. The largest absolute Gasteiger partial charge is 0.382 e. The van der Waals surface area contributed by atoms with Gasteiger partial charge in [0.15, 0.2) is 5.84 Å². The van der Waals surface area contributed by atoms with Gasteiger partial charge in [0.05, 0.1) is 5.56 Å². The Morgan fingerprint density at radius 3 is 2.64 bits per heavy atom. The summed E-state index contributed by atoms with van der Waals surface area (Å²) in [6, 6.07) is 4.04. The van der Waals surface area contributed by atoms with Gasteiger partial charge in [-0.15, -0.1) is 29.5 Å². The van der Waals surface area contributed by atoms with Crippen LogP contribution in [0.15, 0.2) is 27.0 Å². The van der Waals surface area contributed by atoms with Crippen LogP contribution in [0.25, 0.3) is 0 Å². The molecule has 1 aromatic rings. The summed E-state index contributed by atoms with van der Waals surface area (Å²) in [6.45, 7) is 2.75. The van der Waals surface area contributed by atoms with Crippen LogP contribution in [0.4, 0.5) is 5.69 Å². The lowest BCUT2D eigenvalue weighted by atomic mass is 9.91. The van der Waals surface area contributed by atoms with Crippen LogP contribution in [0, 0.1) is 5.92 Å². The van der Waals surface area contributed by atoms with E-state index < -0.39 is 0 Å². The highest BCUT2D eigenvalue weighted by atomic mass is 32.2. The van der Waals surface area contributed by atoms with Gasteiger partial charge in [0.25, 0.3) is 0 Å². The Hall–Kier alpha value is -1.13. The average molecular weight is 384 g/mol. The van der Waals surface area contributed by atoms with E-state index in [4.69, 9.17) is 23.0 Å². The average Bonchev–Trinajstić information content (AvgIpc) is 2.62. The Morgan fingerprint density at radius 2 is 2.04 bits per heavy atom. The zero-order valence-electron chi connectivity index (χ0n) is 14.4. The van der Waals surface area contributed by atoms with Gasteiger partial charge in [-0.05, 0) is 50.3 Å². The van der Waals surface area contributed by atoms with Gasteiger partial charge in [-0.25, -0.2) is 11.4 Å². The van der Waals surface area contributed by atoms with Crippen molar-refractivity contribution in [2.45, 2.75) is 35.5 Å². The van der Waals surface area contributed by atoms with E-state index in [0.717, 1.165) is 65.9 Å². The number of hydrogen-bond acceptors (Lipinski definition) is 8. The minimum absolute atomic E-state index is 0.342. The number of amidine groups is 1. The van der Waals surface area contributed by atoms with Gasteiger partial charge < -0.3 is 22.1 Å². The van der Waals surface area contributed by atoms with Gasteiger partial charge in [0.1, 0.15) is 0 Å². The smallest absolute Gasteiger partial charge is 0.155 e. The predicted molar refractivity (Wildman–Crippen MR) is 110 cm³/mol. The summed E-state index contributed by atoms with van der Waals surface area (Å²) in [5.41, 5.74) is 21.8. The minimum Gasteiger partial charge on any atom is -0.382 e. The molecule has 9 heteroatoms. The molecule has 1 fully saturated rings. The van der Waals surface area contributed by atoms with Crippen molar-refractivity contribution < 1.29 is 0 Å². The van der Waals surface area contributed by atoms with Crippen molar-refractivity contribution in [1.29, 1.82) is 0 Å². The number of piperidine rings is 1. The molecular weight excluding hydrogens is 354 g/mol. The summed E-state index contributed by atoms with van der Waals surface area (Å²) in [4.78, 5) is 4.13. The van der Waals surface area contributed by atoms with E-state index in [-0.39, 0.29) is 0 Å². The SMILES string of the molecule is NCCCC1CCN(c2ccc(S)c(SCN)c2C(N)=NNN)CC1. The Balaban J connectivity index is 2.28. The Kier molecular flexibility index (Phi) is 8.17. The number of hydrogen-bond donors (Lipinski definition) is 6. The molecule has 0 spiro atoms. The Bertz CT molecular complexity index is 586. The number of nitrogens with zero attached hydrogens (tertiary/aromatic N) is 2. The fraction of sp³-hybridized carbons (Fsp3) is 0.562. The van der Waals surface area contributed by atoms with E-state index in [9.17, 15) is 0 Å². The topological polar surface area (TPSA) is 132 Å². The molecule has 0 aromatic heterocycles. The fourth-order valence-electron chi connectivity index (χ4n) is 3.30. The lowest BCUT2D eigenvalue weighted by Gasteiger charge is -2.35. The Labute approximate surface area is 159 Å². The summed E-state index contributed by atoms with van der Waals surface area (Å²) in [6.07, 6.45) is 4.63. The molecule has 0 amide bonds. The molecular formula is C16H29N7S2. The normalized spacial score (nSPS) is 16.3. The molecule has 0 bridgehead atoms. The highest BCUT2D eigenvalue weighted by Crippen LogP contribution is 2.37. The van der Waals surface area contributed by atoms with Crippen molar-refractivity contribution in [3.8, 4) is 0 Å². The maximum Gasteiger partial charge on any atom is 0.155 e. The van der Waals surface area contributed by atoms with Gasteiger partial charge >= 0.3 is 0 Å². The molecule has 1 aromatic carbocycles. The number of hydrazone groups is 1. The molecule has 1 saturated heterocycles. The van der Waals surface area contributed by atoms with E-state index in [1.165, 1.54) is 18.2 Å². The number of hydrazine groups is 1. The second-order valence-electron chi connectivity index (χ2n) is 6.11. The molecule has 0 saturated carbocycles. The molecule has 0 atom stereocenters. The fourth-order valence-corrected chi connectivity index (χ4v) is 4.41. The first-order valence-corrected chi connectivity index (χ1v) is 9.98. The maximum absolute atomic E-state index is 6.18. The van der Waals surface area contributed by atoms with Crippen molar-refractivity contribution >= 4 is 35.9 Å². The molecule has 0 unspecified atom stereocenters. The molecule has 1 heterocycles. The van der Waals surface area contributed by atoms with Crippen LogP contribution in [-0.2, 0) is 0 Å². The number of nitrogens with two attached hydrogens (primary N) is 4. The van der Waals surface area contributed by atoms with Crippen LogP contribution < -0.4 is 33.5 Å². The number of nitrogens with one attached hydrogen (secondary N) is 1. The zero-order chi connectivity index (χ0) is 18.2. The third-order valence-electron chi connectivity index (χ3n) is 4.56. The first-order valence-electron chi connectivity index (χ1n) is 8.55. The first-order chi connectivity index (χ1) is 12.1. The van der Waals surface area contributed by atoms with Gasteiger partial charge in [-0.1, -0.05) is 0 Å². The monoisotopic (exact) mass is 383 g/mol. The highest BCUT2D eigenvalue weighted by molar-refractivity contribution is 7.99. The van der Waals surface area contributed by atoms with Crippen LogP contribution in [0.5, 0.6) is 0 Å². The molecule has 1 aliphatic rings. The van der Waals surface area contributed by atoms with Crippen molar-refractivity contribution in [3.63, 3.8) is 0 Å². The van der Waals surface area contributed by atoms with Crippen LogP contribution in [0.2, 0.25) is 0 Å². The maximum atomic E-state index is 6.18. The van der Waals surface area contributed by atoms with Gasteiger partial charge in [0.2, 0.25) is 0 Å². The van der Waals surface area contributed by atoms with Crippen molar-refractivity contribution in [2.75, 3.05) is 30.4 Å². The number of benzene rings is 1. The van der Waals surface area contributed by atoms with Gasteiger partial charge in [0, 0.05) is 34.4 Å². The summed E-state index contributed by atoms with van der Waals surface area (Å²) >= 11 is 6.06. The molecule has 0 aliphatic carbocycles. The second kappa shape index (κ2) is 10.1. The number of anilines is 1. The lowest BCUT2D eigenvalue weighted by Crippen LogP contribution is -2.36. The third-order valence-corrected chi connectivity index (χ3v) is 5.96.